The fourth-order valence-corrected chi connectivity index (χ4v) is 2.52. The number of benzene rings is 1. The molecule has 2 rings (SSSR count). The average Bonchev–Trinajstić information content (AvgIpc) is 2.93. The van der Waals surface area contributed by atoms with Crippen LogP contribution in [0.25, 0.3) is 0 Å². The summed E-state index contributed by atoms with van der Waals surface area (Å²) in [5.74, 6) is 0.133. The Morgan fingerprint density at radius 1 is 1.35 bits per heavy atom. The zero-order chi connectivity index (χ0) is 13.9. The van der Waals surface area contributed by atoms with Crippen molar-refractivity contribution in [1.29, 1.82) is 0 Å². The predicted octanol–water partition coefficient (Wildman–Crippen LogP) is 2.64. The van der Waals surface area contributed by atoms with Gasteiger partial charge < -0.3 is 10.6 Å². The number of rotatable bonds is 4. The molecule has 112 valence electrons. The minimum atomic E-state index is -0.0739. The molecular weight excluding hydrogens is 272 g/mol. The van der Waals surface area contributed by atoms with E-state index in [4.69, 9.17) is 0 Å². The number of halogens is 1. The summed E-state index contributed by atoms with van der Waals surface area (Å²) in [5, 5.41) is 6.40. The molecule has 2 atom stereocenters. The fourth-order valence-electron chi connectivity index (χ4n) is 2.52. The Morgan fingerprint density at radius 3 is 2.55 bits per heavy atom. The van der Waals surface area contributed by atoms with Crippen LogP contribution in [-0.2, 0) is 10.2 Å². The Balaban J connectivity index is 0.00000200. The maximum absolute atomic E-state index is 12.2. The van der Waals surface area contributed by atoms with Gasteiger partial charge in [0.15, 0.2) is 0 Å². The average molecular weight is 297 g/mol. The lowest BCUT2D eigenvalue weighted by Gasteiger charge is -2.33. The van der Waals surface area contributed by atoms with Crippen molar-refractivity contribution in [2.75, 3.05) is 6.54 Å². The van der Waals surface area contributed by atoms with Gasteiger partial charge in [-0.05, 0) is 31.9 Å². The summed E-state index contributed by atoms with van der Waals surface area (Å²) in [7, 11) is 0. The van der Waals surface area contributed by atoms with Crippen LogP contribution in [0.2, 0.25) is 0 Å². The van der Waals surface area contributed by atoms with Crippen LogP contribution in [0.4, 0.5) is 0 Å². The second-order valence-electron chi connectivity index (χ2n) is 5.97. The quantitative estimate of drug-likeness (QED) is 0.897. The lowest BCUT2D eigenvalue weighted by atomic mass is 9.78. The highest BCUT2D eigenvalue weighted by molar-refractivity contribution is 5.85. The van der Waals surface area contributed by atoms with E-state index in [1.165, 1.54) is 5.56 Å². The summed E-state index contributed by atoms with van der Waals surface area (Å²) in [4.78, 5) is 12.2. The van der Waals surface area contributed by atoms with Crippen molar-refractivity contribution in [3.05, 3.63) is 35.9 Å². The van der Waals surface area contributed by atoms with E-state index in [1.807, 2.05) is 18.2 Å². The van der Waals surface area contributed by atoms with E-state index in [-0.39, 0.29) is 35.8 Å². The summed E-state index contributed by atoms with van der Waals surface area (Å²) < 4.78 is 0. The fraction of sp³-hybridized carbons (Fsp3) is 0.562. The van der Waals surface area contributed by atoms with E-state index >= 15 is 0 Å². The van der Waals surface area contributed by atoms with Gasteiger partial charge in [-0.25, -0.2) is 0 Å². The molecule has 1 aromatic carbocycles. The number of carbonyl (C=O) groups excluding carboxylic acids is 1. The molecular formula is C16H25ClN2O. The van der Waals surface area contributed by atoms with Crippen molar-refractivity contribution in [2.45, 2.75) is 51.1 Å². The monoisotopic (exact) mass is 296 g/mol. The van der Waals surface area contributed by atoms with Crippen molar-refractivity contribution in [3.63, 3.8) is 0 Å². The predicted molar refractivity (Wildman–Crippen MR) is 85.3 cm³/mol. The first-order valence-corrected chi connectivity index (χ1v) is 7.11. The first-order valence-electron chi connectivity index (χ1n) is 7.11. The molecule has 1 saturated heterocycles. The third-order valence-electron chi connectivity index (χ3n) is 4.34. The Hall–Kier alpha value is -1.06. The van der Waals surface area contributed by atoms with Crippen molar-refractivity contribution in [3.8, 4) is 0 Å². The van der Waals surface area contributed by atoms with Gasteiger partial charge in [0, 0.05) is 11.5 Å². The first-order chi connectivity index (χ1) is 9.01. The summed E-state index contributed by atoms with van der Waals surface area (Å²) >= 11 is 0. The number of carbonyl (C=O) groups is 1. The Morgan fingerprint density at radius 2 is 2.00 bits per heavy atom. The van der Waals surface area contributed by atoms with Gasteiger partial charge in [-0.3, -0.25) is 4.79 Å². The number of hydrogen-bond donors (Lipinski definition) is 2. The van der Waals surface area contributed by atoms with Gasteiger partial charge in [-0.1, -0.05) is 44.2 Å². The lowest BCUT2D eigenvalue weighted by molar-refractivity contribution is -0.123. The van der Waals surface area contributed by atoms with Crippen molar-refractivity contribution >= 4 is 18.3 Å². The van der Waals surface area contributed by atoms with Crippen molar-refractivity contribution < 1.29 is 4.79 Å². The van der Waals surface area contributed by atoms with Crippen LogP contribution in [0.1, 0.15) is 39.2 Å². The molecule has 2 N–H and O–H groups in total. The molecule has 2 unspecified atom stereocenters. The Bertz CT molecular complexity index is 427. The van der Waals surface area contributed by atoms with Crippen LogP contribution in [0, 0.1) is 0 Å². The van der Waals surface area contributed by atoms with Gasteiger partial charge >= 0.3 is 0 Å². The maximum atomic E-state index is 12.2. The van der Waals surface area contributed by atoms with Crippen LogP contribution in [0.15, 0.2) is 30.3 Å². The second kappa shape index (κ2) is 7.09. The normalized spacial score (nSPS) is 20.1. The molecule has 3 nitrogen and oxygen atoms in total. The van der Waals surface area contributed by atoms with E-state index in [9.17, 15) is 4.79 Å². The van der Waals surface area contributed by atoms with E-state index < -0.39 is 0 Å². The van der Waals surface area contributed by atoms with Crippen LogP contribution < -0.4 is 10.6 Å². The number of amides is 1. The molecule has 0 aliphatic carbocycles. The van der Waals surface area contributed by atoms with Crippen LogP contribution in [-0.4, -0.2) is 24.5 Å². The van der Waals surface area contributed by atoms with E-state index in [0.29, 0.717) is 0 Å². The van der Waals surface area contributed by atoms with Gasteiger partial charge in [-0.15, -0.1) is 12.4 Å². The molecule has 0 spiro atoms. The standard InChI is InChI=1S/C16H24N2O.ClH/c1-12(18-15(19)14-10-7-11-17-14)16(2,3)13-8-5-4-6-9-13;/h4-6,8-9,12,14,17H,7,10-11H2,1-3H3,(H,18,19);1H. The SMILES string of the molecule is CC(NC(=O)C1CCCN1)C(C)(C)c1ccccc1.Cl. The Labute approximate surface area is 127 Å². The van der Waals surface area contributed by atoms with E-state index in [2.05, 4.69) is 43.5 Å². The van der Waals surface area contributed by atoms with E-state index in [1.54, 1.807) is 0 Å². The smallest absolute Gasteiger partial charge is 0.237 e. The summed E-state index contributed by atoms with van der Waals surface area (Å²) in [5.41, 5.74) is 1.18. The highest BCUT2D eigenvalue weighted by atomic mass is 35.5. The minimum Gasteiger partial charge on any atom is -0.351 e. The van der Waals surface area contributed by atoms with Crippen molar-refractivity contribution in [1.82, 2.24) is 10.6 Å². The van der Waals surface area contributed by atoms with E-state index in [0.717, 1.165) is 19.4 Å². The van der Waals surface area contributed by atoms with Crippen LogP contribution in [0.3, 0.4) is 0 Å². The van der Waals surface area contributed by atoms with Crippen LogP contribution >= 0.6 is 12.4 Å². The van der Waals surface area contributed by atoms with Crippen molar-refractivity contribution in [2.24, 2.45) is 0 Å². The topological polar surface area (TPSA) is 41.1 Å². The molecule has 1 fully saturated rings. The van der Waals surface area contributed by atoms with Gasteiger partial charge in [0.25, 0.3) is 0 Å². The Kier molecular flexibility index (Phi) is 6.03. The second-order valence-corrected chi connectivity index (χ2v) is 5.97. The molecule has 0 aromatic heterocycles. The molecule has 1 aliphatic heterocycles. The van der Waals surface area contributed by atoms with Gasteiger partial charge in [-0.2, -0.15) is 0 Å². The highest BCUT2D eigenvalue weighted by Crippen LogP contribution is 2.26. The summed E-state index contributed by atoms with van der Waals surface area (Å²) in [6.45, 7) is 7.39. The molecule has 20 heavy (non-hydrogen) atoms. The molecule has 0 bridgehead atoms. The molecule has 0 radical (unpaired) electrons. The number of hydrogen-bond acceptors (Lipinski definition) is 2. The molecule has 1 amide bonds. The summed E-state index contributed by atoms with van der Waals surface area (Å²) in [6.07, 6.45) is 2.04. The van der Waals surface area contributed by atoms with Gasteiger partial charge in [0.05, 0.1) is 6.04 Å². The third-order valence-corrected chi connectivity index (χ3v) is 4.34. The molecule has 0 saturated carbocycles. The van der Waals surface area contributed by atoms with Crippen LogP contribution in [0.5, 0.6) is 0 Å². The zero-order valence-corrected chi connectivity index (χ0v) is 13.3. The van der Waals surface area contributed by atoms with Gasteiger partial charge in [0.1, 0.15) is 0 Å². The largest absolute Gasteiger partial charge is 0.351 e. The third kappa shape index (κ3) is 3.74. The minimum absolute atomic E-state index is 0. The highest BCUT2D eigenvalue weighted by Gasteiger charge is 2.31. The lowest BCUT2D eigenvalue weighted by Crippen LogP contribution is -2.50. The molecule has 4 heteroatoms. The summed E-state index contributed by atoms with van der Waals surface area (Å²) in [6, 6.07) is 10.4. The zero-order valence-electron chi connectivity index (χ0n) is 12.5. The number of nitrogens with one attached hydrogen (secondary N) is 2. The maximum Gasteiger partial charge on any atom is 0.237 e. The first kappa shape index (κ1) is 17.0. The van der Waals surface area contributed by atoms with Gasteiger partial charge in [0.2, 0.25) is 5.91 Å². The molecule has 1 aromatic rings. The molecule has 1 heterocycles. The molecule has 1 aliphatic rings.